The Morgan fingerprint density at radius 3 is 2.86 bits per heavy atom. The highest BCUT2D eigenvalue weighted by atomic mass is 16.2. The van der Waals surface area contributed by atoms with E-state index >= 15 is 0 Å². The molecule has 2 aliphatic carbocycles. The molecule has 0 saturated heterocycles. The van der Waals surface area contributed by atoms with Crippen LogP contribution in [-0.2, 0) is 9.59 Å². The van der Waals surface area contributed by atoms with Crippen molar-refractivity contribution in [1.82, 2.24) is 5.32 Å². The van der Waals surface area contributed by atoms with Gasteiger partial charge in [-0.1, -0.05) is 31.4 Å². The van der Waals surface area contributed by atoms with Crippen LogP contribution < -0.4 is 5.32 Å². The first-order valence-corrected chi connectivity index (χ1v) is 7.71. The second-order valence-electron chi connectivity index (χ2n) is 5.90. The van der Waals surface area contributed by atoms with Crippen molar-refractivity contribution in [3.63, 3.8) is 0 Å². The summed E-state index contributed by atoms with van der Waals surface area (Å²) in [6, 6.07) is 0. The van der Waals surface area contributed by atoms with Gasteiger partial charge in [-0.2, -0.15) is 0 Å². The lowest BCUT2D eigenvalue weighted by Crippen LogP contribution is -2.33. The van der Waals surface area contributed by atoms with Gasteiger partial charge in [0.05, 0.1) is 5.71 Å². The molecule has 1 N–H and O–H groups in total. The summed E-state index contributed by atoms with van der Waals surface area (Å²) in [5.41, 5.74) is 2.62. The normalized spacial score (nSPS) is 26.6. The lowest BCUT2D eigenvalue weighted by Gasteiger charge is -2.27. The minimum Gasteiger partial charge on any atom is -0.325 e. The third-order valence-electron chi connectivity index (χ3n) is 4.31. The molecule has 4 heteroatoms. The number of fused-ring (bicyclic) bond motifs is 1. The number of carbonyl (C=O) groups is 2. The van der Waals surface area contributed by atoms with Crippen LogP contribution in [0, 0.1) is 11.8 Å². The predicted octanol–water partition coefficient (Wildman–Crippen LogP) is 2.68. The molecule has 2 amide bonds. The van der Waals surface area contributed by atoms with Gasteiger partial charge < -0.3 is 5.32 Å². The number of hydrogen-bond donors (Lipinski definition) is 1. The fourth-order valence-corrected chi connectivity index (χ4v) is 2.93. The summed E-state index contributed by atoms with van der Waals surface area (Å²) >= 11 is 0. The van der Waals surface area contributed by atoms with Crippen molar-refractivity contribution >= 4 is 17.5 Å². The number of hydrogen-bond acceptors (Lipinski definition) is 2. The molecule has 110 valence electrons. The SMILES string of the molecule is CCCC1=CC(=O)NC2=CC(=NC(=O)C3CCC3)C=CC12. The van der Waals surface area contributed by atoms with Crippen molar-refractivity contribution in [2.45, 2.75) is 39.0 Å². The van der Waals surface area contributed by atoms with E-state index in [0.717, 1.165) is 43.4 Å². The average molecular weight is 284 g/mol. The van der Waals surface area contributed by atoms with E-state index in [4.69, 9.17) is 0 Å². The van der Waals surface area contributed by atoms with Gasteiger partial charge in [-0.3, -0.25) is 9.59 Å². The van der Waals surface area contributed by atoms with Crippen LogP contribution in [0.3, 0.4) is 0 Å². The van der Waals surface area contributed by atoms with Gasteiger partial charge in [-0.05, 0) is 31.4 Å². The Bertz CT molecular complexity index is 592. The molecule has 0 spiro atoms. The van der Waals surface area contributed by atoms with E-state index in [-0.39, 0.29) is 23.7 Å². The van der Waals surface area contributed by atoms with Gasteiger partial charge in [0.15, 0.2) is 0 Å². The average Bonchev–Trinajstić information content (AvgIpc) is 2.36. The lowest BCUT2D eigenvalue weighted by molar-refractivity contribution is -0.123. The minimum absolute atomic E-state index is 0.0253. The number of rotatable bonds is 3. The van der Waals surface area contributed by atoms with Crippen LogP contribution in [0.25, 0.3) is 0 Å². The van der Waals surface area contributed by atoms with E-state index in [9.17, 15) is 9.59 Å². The van der Waals surface area contributed by atoms with Crippen LogP contribution in [0.2, 0.25) is 0 Å². The Morgan fingerprint density at radius 2 is 2.19 bits per heavy atom. The van der Waals surface area contributed by atoms with Crippen LogP contribution >= 0.6 is 0 Å². The zero-order valence-electron chi connectivity index (χ0n) is 12.3. The number of allylic oxidation sites excluding steroid dienone is 3. The monoisotopic (exact) mass is 284 g/mol. The molecule has 1 heterocycles. The quantitative estimate of drug-likeness (QED) is 0.866. The van der Waals surface area contributed by atoms with Gasteiger partial charge in [0.25, 0.3) is 0 Å². The molecule has 1 fully saturated rings. The number of aliphatic imine (C=N–C) groups is 1. The first-order chi connectivity index (χ1) is 10.2. The minimum atomic E-state index is -0.0825. The van der Waals surface area contributed by atoms with Crippen molar-refractivity contribution < 1.29 is 9.59 Å². The molecule has 1 unspecified atom stereocenters. The van der Waals surface area contributed by atoms with E-state index < -0.39 is 0 Å². The van der Waals surface area contributed by atoms with Gasteiger partial charge in [-0.25, -0.2) is 4.99 Å². The largest absolute Gasteiger partial charge is 0.325 e. The Labute approximate surface area is 124 Å². The standard InChI is InChI=1S/C17H20N2O2/c1-2-4-12-9-16(20)19-15-10-13(7-8-14(12)15)18-17(21)11-5-3-6-11/h7-11,14H,2-6H2,1H3,(H,19,20). The number of nitrogens with zero attached hydrogens (tertiary/aromatic N) is 1. The number of nitrogens with one attached hydrogen (secondary N) is 1. The molecule has 0 aromatic carbocycles. The molecule has 0 bridgehead atoms. The number of amides is 2. The fraction of sp³-hybridized carbons (Fsp3) is 0.471. The molecule has 4 nitrogen and oxygen atoms in total. The van der Waals surface area contributed by atoms with Crippen LogP contribution in [0.15, 0.2) is 40.6 Å². The lowest BCUT2D eigenvalue weighted by atomic mass is 9.84. The van der Waals surface area contributed by atoms with Gasteiger partial charge >= 0.3 is 0 Å². The van der Waals surface area contributed by atoms with E-state index in [2.05, 4.69) is 17.2 Å². The summed E-state index contributed by atoms with van der Waals surface area (Å²) in [5.74, 6) is 0.127. The van der Waals surface area contributed by atoms with Crippen LogP contribution in [0.5, 0.6) is 0 Å². The molecular weight excluding hydrogens is 264 g/mol. The van der Waals surface area contributed by atoms with Gasteiger partial charge in [0.1, 0.15) is 0 Å². The molecule has 1 saturated carbocycles. The van der Waals surface area contributed by atoms with Gasteiger partial charge in [-0.15, -0.1) is 0 Å². The maximum atomic E-state index is 11.9. The molecule has 3 rings (SSSR count). The van der Waals surface area contributed by atoms with E-state index in [1.165, 1.54) is 0 Å². The Morgan fingerprint density at radius 1 is 1.38 bits per heavy atom. The molecule has 0 aromatic rings. The summed E-state index contributed by atoms with van der Waals surface area (Å²) in [6.45, 7) is 2.10. The van der Waals surface area contributed by atoms with Crippen LogP contribution in [0.4, 0.5) is 0 Å². The molecule has 1 aliphatic heterocycles. The predicted molar refractivity (Wildman–Crippen MR) is 81.6 cm³/mol. The number of carbonyl (C=O) groups excluding carboxylic acids is 2. The van der Waals surface area contributed by atoms with Crippen molar-refractivity contribution in [3.05, 3.63) is 35.6 Å². The highest BCUT2D eigenvalue weighted by molar-refractivity contribution is 6.11. The topological polar surface area (TPSA) is 58.5 Å². The van der Waals surface area contributed by atoms with Crippen molar-refractivity contribution in [2.24, 2.45) is 16.8 Å². The first kappa shape index (κ1) is 14.0. The second kappa shape index (κ2) is 5.80. The smallest absolute Gasteiger partial charge is 0.249 e. The molecule has 3 aliphatic rings. The summed E-state index contributed by atoms with van der Waals surface area (Å²) in [5, 5.41) is 2.87. The molecule has 0 aromatic heterocycles. The van der Waals surface area contributed by atoms with Crippen LogP contribution in [-0.4, -0.2) is 17.5 Å². The van der Waals surface area contributed by atoms with E-state index in [1.807, 2.05) is 18.2 Å². The highest BCUT2D eigenvalue weighted by Crippen LogP contribution is 2.31. The Balaban J connectivity index is 1.80. The first-order valence-electron chi connectivity index (χ1n) is 7.71. The highest BCUT2D eigenvalue weighted by Gasteiger charge is 2.27. The van der Waals surface area contributed by atoms with Crippen molar-refractivity contribution in [1.29, 1.82) is 0 Å². The molecule has 1 atom stereocenters. The van der Waals surface area contributed by atoms with Gasteiger partial charge in [0, 0.05) is 23.6 Å². The second-order valence-corrected chi connectivity index (χ2v) is 5.90. The summed E-state index contributed by atoms with van der Waals surface area (Å²) in [7, 11) is 0. The molecule has 21 heavy (non-hydrogen) atoms. The Hall–Kier alpha value is -1.97. The van der Waals surface area contributed by atoms with E-state index in [0.29, 0.717) is 5.71 Å². The maximum Gasteiger partial charge on any atom is 0.249 e. The molecular formula is C17H20N2O2. The van der Waals surface area contributed by atoms with Crippen LogP contribution in [0.1, 0.15) is 39.0 Å². The fourth-order valence-electron chi connectivity index (χ4n) is 2.93. The summed E-state index contributed by atoms with van der Waals surface area (Å²) < 4.78 is 0. The third kappa shape index (κ3) is 2.89. The van der Waals surface area contributed by atoms with Gasteiger partial charge in [0.2, 0.25) is 11.8 Å². The summed E-state index contributed by atoms with van der Waals surface area (Å²) in [6.07, 6.45) is 12.4. The van der Waals surface area contributed by atoms with Crippen molar-refractivity contribution in [2.75, 3.05) is 0 Å². The zero-order chi connectivity index (χ0) is 14.8. The van der Waals surface area contributed by atoms with Crippen molar-refractivity contribution in [3.8, 4) is 0 Å². The Kier molecular flexibility index (Phi) is 3.86. The molecule has 0 radical (unpaired) electrons. The third-order valence-corrected chi connectivity index (χ3v) is 4.31. The zero-order valence-corrected chi connectivity index (χ0v) is 12.3. The maximum absolute atomic E-state index is 11.9. The van der Waals surface area contributed by atoms with E-state index in [1.54, 1.807) is 6.08 Å². The summed E-state index contributed by atoms with van der Waals surface area (Å²) in [4.78, 5) is 27.9.